The quantitative estimate of drug-likeness (QED) is 0.667. The highest BCUT2D eigenvalue weighted by Gasteiger charge is 2.57. The third-order valence-corrected chi connectivity index (χ3v) is 2.64. The van der Waals surface area contributed by atoms with E-state index in [1.807, 2.05) is 6.92 Å². The first-order chi connectivity index (χ1) is 8.85. The molecule has 0 saturated heterocycles. The van der Waals surface area contributed by atoms with Gasteiger partial charge in [-0.25, -0.2) is 9.59 Å². The summed E-state index contributed by atoms with van der Waals surface area (Å²) in [7, 11) is 0. The molecular weight excluding hydrogens is 254 g/mol. The van der Waals surface area contributed by atoms with Crippen LogP contribution in [0, 0.1) is 0 Å². The van der Waals surface area contributed by atoms with Gasteiger partial charge in [-0.1, -0.05) is 6.07 Å². The minimum absolute atomic E-state index is 0.0796. The molecule has 1 aromatic rings. The number of ether oxygens (including phenoxy) is 2. The summed E-state index contributed by atoms with van der Waals surface area (Å²) >= 11 is 0. The molecular formula is C12H13NO6. The fourth-order valence-electron chi connectivity index (χ4n) is 1.81. The van der Waals surface area contributed by atoms with E-state index in [1.165, 1.54) is 12.1 Å². The normalized spacial score (nSPS) is 16.9. The zero-order valence-electron chi connectivity index (χ0n) is 10.1. The molecule has 0 spiro atoms. The molecule has 7 nitrogen and oxygen atoms in total. The number of benzene rings is 1. The Morgan fingerprint density at radius 3 is 2.37 bits per heavy atom. The van der Waals surface area contributed by atoms with E-state index < -0.39 is 17.7 Å². The van der Waals surface area contributed by atoms with Crippen LogP contribution in [-0.2, 0) is 16.0 Å². The molecule has 0 fully saturated rings. The summed E-state index contributed by atoms with van der Waals surface area (Å²) in [6, 6.07) is 4.61. The molecule has 1 aliphatic heterocycles. The fourth-order valence-corrected chi connectivity index (χ4v) is 1.81. The molecule has 1 atom stereocenters. The van der Waals surface area contributed by atoms with E-state index in [4.69, 9.17) is 25.4 Å². The maximum absolute atomic E-state index is 11.0. The number of nitrogens with two attached hydrogens (primary N) is 1. The number of fused-ring (bicyclic) bond motifs is 1. The standard InChI is InChI=1S/C12H13NO6/c1-6(13)4-7-2-3-8-9(5-7)19-12(18-8,10(14)15)11(16)17/h2-3,5-6H,4,13H2,1H3,(H,14,15)(H,16,17). The molecule has 0 radical (unpaired) electrons. The Morgan fingerprint density at radius 1 is 1.26 bits per heavy atom. The van der Waals surface area contributed by atoms with E-state index in [2.05, 4.69) is 0 Å². The van der Waals surface area contributed by atoms with Crippen molar-refractivity contribution in [3.8, 4) is 11.5 Å². The lowest BCUT2D eigenvalue weighted by atomic mass is 10.1. The molecule has 1 unspecified atom stereocenters. The Bertz CT molecular complexity index is 525. The zero-order valence-corrected chi connectivity index (χ0v) is 10.1. The molecule has 4 N–H and O–H groups in total. The second kappa shape index (κ2) is 4.43. The maximum atomic E-state index is 11.0. The highest BCUT2D eigenvalue weighted by Crippen LogP contribution is 2.40. The number of rotatable bonds is 4. The van der Waals surface area contributed by atoms with Gasteiger partial charge in [-0.2, -0.15) is 0 Å². The van der Waals surface area contributed by atoms with Crippen molar-refractivity contribution in [2.24, 2.45) is 5.73 Å². The van der Waals surface area contributed by atoms with Crippen LogP contribution in [0.3, 0.4) is 0 Å². The largest absolute Gasteiger partial charge is 0.475 e. The van der Waals surface area contributed by atoms with Gasteiger partial charge in [0.1, 0.15) is 0 Å². The number of hydrogen-bond acceptors (Lipinski definition) is 5. The minimum atomic E-state index is -2.71. The number of aliphatic carboxylic acids is 2. The van der Waals surface area contributed by atoms with Gasteiger partial charge in [-0.3, -0.25) is 0 Å². The van der Waals surface area contributed by atoms with E-state index in [0.717, 1.165) is 5.56 Å². The lowest BCUT2D eigenvalue weighted by Gasteiger charge is -2.16. The van der Waals surface area contributed by atoms with Crippen LogP contribution < -0.4 is 15.2 Å². The molecule has 102 valence electrons. The average Bonchev–Trinajstić information content (AvgIpc) is 2.68. The maximum Gasteiger partial charge on any atom is 0.453 e. The first-order valence-corrected chi connectivity index (χ1v) is 5.58. The van der Waals surface area contributed by atoms with Gasteiger partial charge in [0.15, 0.2) is 11.5 Å². The summed E-state index contributed by atoms with van der Waals surface area (Å²) in [5.74, 6) is -5.98. The van der Waals surface area contributed by atoms with Gasteiger partial charge in [0.05, 0.1) is 0 Å². The highest BCUT2D eigenvalue weighted by atomic mass is 16.8. The molecule has 0 aliphatic carbocycles. The third-order valence-electron chi connectivity index (χ3n) is 2.64. The highest BCUT2D eigenvalue weighted by molar-refractivity contribution is 6.01. The van der Waals surface area contributed by atoms with Gasteiger partial charge in [0.25, 0.3) is 0 Å². The van der Waals surface area contributed by atoms with Crippen LogP contribution in [0.15, 0.2) is 18.2 Å². The molecule has 0 saturated carbocycles. The molecule has 1 aliphatic rings. The van der Waals surface area contributed by atoms with Crippen LogP contribution in [0.2, 0.25) is 0 Å². The summed E-state index contributed by atoms with van der Waals surface area (Å²) in [6.45, 7) is 1.82. The van der Waals surface area contributed by atoms with Crippen LogP contribution in [0.1, 0.15) is 12.5 Å². The lowest BCUT2D eigenvalue weighted by molar-refractivity contribution is -0.194. The van der Waals surface area contributed by atoms with E-state index >= 15 is 0 Å². The Labute approximate surface area is 108 Å². The summed E-state index contributed by atoms with van der Waals surface area (Å²) in [5, 5.41) is 17.9. The molecule has 2 rings (SSSR count). The topological polar surface area (TPSA) is 119 Å². The van der Waals surface area contributed by atoms with E-state index in [1.54, 1.807) is 6.07 Å². The van der Waals surface area contributed by atoms with Gasteiger partial charge in [-0.15, -0.1) is 0 Å². The van der Waals surface area contributed by atoms with Crippen molar-refractivity contribution < 1.29 is 29.3 Å². The molecule has 19 heavy (non-hydrogen) atoms. The summed E-state index contributed by atoms with van der Waals surface area (Å²) in [5.41, 5.74) is 6.47. The van der Waals surface area contributed by atoms with Crippen LogP contribution >= 0.6 is 0 Å². The van der Waals surface area contributed by atoms with Crippen molar-refractivity contribution in [2.75, 3.05) is 0 Å². The molecule has 0 bridgehead atoms. The van der Waals surface area contributed by atoms with E-state index in [9.17, 15) is 9.59 Å². The van der Waals surface area contributed by atoms with E-state index in [0.29, 0.717) is 6.42 Å². The van der Waals surface area contributed by atoms with Gasteiger partial charge in [0, 0.05) is 6.04 Å². The molecule has 0 amide bonds. The number of carboxylic acid groups (broad SMARTS) is 2. The second-order valence-corrected chi connectivity index (χ2v) is 4.39. The van der Waals surface area contributed by atoms with Gasteiger partial charge >= 0.3 is 17.7 Å². The third kappa shape index (κ3) is 2.19. The number of carbonyl (C=O) groups is 2. The second-order valence-electron chi connectivity index (χ2n) is 4.39. The monoisotopic (exact) mass is 267 g/mol. The van der Waals surface area contributed by atoms with Crippen molar-refractivity contribution in [3.05, 3.63) is 23.8 Å². The van der Waals surface area contributed by atoms with Crippen LogP contribution in [0.5, 0.6) is 11.5 Å². The van der Waals surface area contributed by atoms with Gasteiger partial charge in [-0.05, 0) is 31.0 Å². The average molecular weight is 267 g/mol. The molecule has 1 heterocycles. The number of carboxylic acids is 2. The zero-order chi connectivity index (χ0) is 14.2. The van der Waals surface area contributed by atoms with Gasteiger partial charge in [0.2, 0.25) is 0 Å². The molecule has 1 aromatic carbocycles. The summed E-state index contributed by atoms with van der Waals surface area (Å²) in [6.07, 6.45) is 0.559. The van der Waals surface area contributed by atoms with Crippen molar-refractivity contribution in [1.82, 2.24) is 0 Å². The molecule has 7 heteroatoms. The van der Waals surface area contributed by atoms with Crippen LogP contribution in [0.25, 0.3) is 0 Å². The summed E-state index contributed by atoms with van der Waals surface area (Å²) < 4.78 is 9.90. The SMILES string of the molecule is CC(N)Cc1ccc2c(c1)OC(C(=O)O)(C(=O)O)O2. The predicted molar refractivity (Wildman–Crippen MR) is 63.1 cm³/mol. The molecule has 0 aromatic heterocycles. The van der Waals surface area contributed by atoms with Crippen molar-refractivity contribution in [3.63, 3.8) is 0 Å². The minimum Gasteiger partial charge on any atom is -0.475 e. The van der Waals surface area contributed by atoms with Crippen LogP contribution in [0.4, 0.5) is 0 Å². The van der Waals surface area contributed by atoms with E-state index in [-0.39, 0.29) is 17.5 Å². The summed E-state index contributed by atoms with van der Waals surface area (Å²) in [4.78, 5) is 22.1. The van der Waals surface area contributed by atoms with Crippen LogP contribution in [-0.4, -0.2) is 34.0 Å². The Hall–Kier alpha value is -2.28. The first kappa shape index (κ1) is 13.2. The smallest absolute Gasteiger partial charge is 0.453 e. The van der Waals surface area contributed by atoms with Crippen molar-refractivity contribution >= 4 is 11.9 Å². The Morgan fingerprint density at radius 2 is 1.84 bits per heavy atom. The number of hydrogen-bond donors (Lipinski definition) is 3. The lowest BCUT2D eigenvalue weighted by Crippen LogP contribution is -2.54. The Balaban J connectivity index is 2.34. The fraction of sp³-hybridized carbons (Fsp3) is 0.333. The van der Waals surface area contributed by atoms with Crippen molar-refractivity contribution in [1.29, 1.82) is 0 Å². The predicted octanol–water partition coefficient (Wildman–Crippen LogP) is 0.213. The van der Waals surface area contributed by atoms with Crippen molar-refractivity contribution in [2.45, 2.75) is 25.2 Å². The first-order valence-electron chi connectivity index (χ1n) is 5.58. The van der Waals surface area contributed by atoms with Gasteiger partial charge < -0.3 is 25.4 Å². The Kier molecular flexibility index (Phi) is 3.07.